The van der Waals surface area contributed by atoms with Crippen LogP contribution in [0.15, 0.2) is 54.6 Å². The third kappa shape index (κ3) is 4.66. The van der Waals surface area contributed by atoms with Crippen LogP contribution in [0.3, 0.4) is 0 Å². The molecule has 2 bridgehead atoms. The quantitative estimate of drug-likeness (QED) is 0.459. The SMILES string of the molecule is COc1ccc(CN2C(=O)[C@H]3[C@H](C(=O)Nc4ccc(Cl)c(Cl)c4)[C@H]4C=C[C@@]3(O4)[C@@H]2C(=O)NC2CCCCC2)cc1. The van der Waals surface area contributed by atoms with Crippen LogP contribution in [0.25, 0.3) is 0 Å². The first-order valence-electron chi connectivity index (χ1n) is 13.7. The summed E-state index contributed by atoms with van der Waals surface area (Å²) in [6.07, 6.45) is 8.12. The molecule has 5 atom stereocenters. The molecule has 2 N–H and O–H groups in total. The molecule has 3 amide bonds. The zero-order chi connectivity index (χ0) is 28.0. The first kappa shape index (κ1) is 27.1. The molecule has 1 spiro atoms. The fraction of sp³-hybridized carbons (Fsp3) is 0.433. The highest BCUT2D eigenvalue weighted by Gasteiger charge is 2.72. The standard InChI is InChI=1S/C30H31Cl2N3O5/c1-39-20-10-7-17(8-11-20)16-35-26(28(37)33-18-5-3-2-4-6-18)30-14-13-23(40-30)24(25(30)29(35)38)27(36)34-19-9-12-21(31)22(32)15-19/h7-15,18,23-26H,2-6,16H2,1H3,(H,33,37)(H,34,36)/t23-,24-,25-,26+,30+/m1/s1. The second-order valence-electron chi connectivity index (χ2n) is 11.0. The number of likely N-dealkylation sites (tertiary alicyclic amines) is 1. The highest BCUT2D eigenvalue weighted by atomic mass is 35.5. The molecule has 2 aromatic rings. The summed E-state index contributed by atoms with van der Waals surface area (Å²) in [7, 11) is 1.59. The number of amides is 3. The third-order valence-electron chi connectivity index (χ3n) is 8.58. The number of anilines is 1. The van der Waals surface area contributed by atoms with Gasteiger partial charge in [0.1, 0.15) is 17.4 Å². The van der Waals surface area contributed by atoms with Crippen molar-refractivity contribution in [3.05, 3.63) is 70.2 Å². The lowest BCUT2D eigenvalue weighted by molar-refractivity contribution is -0.142. The van der Waals surface area contributed by atoms with E-state index in [-0.39, 0.29) is 30.3 Å². The van der Waals surface area contributed by atoms with Gasteiger partial charge in [0.25, 0.3) is 0 Å². The summed E-state index contributed by atoms with van der Waals surface area (Å²) >= 11 is 12.2. The number of fused-ring (bicyclic) bond motifs is 1. The van der Waals surface area contributed by atoms with E-state index in [1.165, 1.54) is 0 Å². The molecular formula is C30H31Cl2N3O5. The topological polar surface area (TPSA) is 97.0 Å². The Hall–Kier alpha value is -3.07. The lowest BCUT2D eigenvalue weighted by Gasteiger charge is -2.34. The van der Waals surface area contributed by atoms with E-state index in [2.05, 4.69) is 10.6 Å². The summed E-state index contributed by atoms with van der Waals surface area (Å²) in [5, 5.41) is 6.76. The number of hydrogen-bond donors (Lipinski definition) is 2. The van der Waals surface area contributed by atoms with E-state index in [1.54, 1.807) is 36.3 Å². The Labute approximate surface area is 243 Å². The van der Waals surface area contributed by atoms with Crippen LogP contribution in [0.1, 0.15) is 37.7 Å². The molecule has 0 unspecified atom stereocenters. The number of hydrogen-bond acceptors (Lipinski definition) is 5. The van der Waals surface area contributed by atoms with Crippen molar-refractivity contribution in [2.75, 3.05) is 12.4 Å². The van der Waals surface area contributed by atoms with E-state index in [0.29, 0.717) is 21.5 Å². The van der Waals surface area contributed by atoms with Gasteiger partial charge in [0.2, 0.25) is 17.7 Å². The first-order chi connectivity index (χ1) is 19.3. The van der Waals surface area contributed by atoms with Crippen LogP contribution in [-0.2, 0) is 25.7 Å². The molecule has 40 heavy (non-hydrogen) atoms. The number of carbonyl (C=O) groups is 3. The Morgan fingerprint density at radius 3 is 2.50 bits per heavy atom. The Balaban J connectivity index is 1.31. The van der Waals surface area contributed by atoms with Gasteiger partial charge in [0, 0.05) is 18.3 Å². The number of ether oxygens (including phenoxy) is 2. The van der Waals surface area contributed by atoms with Crippen LogP contribution in [-0.4, -0.2) is 53.5 Å². The average molecular weight is 584 g/mol. The minimum absolute atomic E-state index is 0.0611. The van der Waals surface area contributed by atoms with Crippen LogP contribution < -0.4 is 15.4 Å². The fourth-order valence-corrected chi connectivity index (χ4v) is 6.99. The number of nitrogens with zero attached hydrogens (tertiary/aromatic N) is 1. The lowest BCUT2D eigenvalue weighted by Crippen LogP contribution is -2.56. The predicted molar refractivity (Wildman–Crippen MR) is 151 cm³/mol. The number of carbonyl (C=O) groups excluding carboxylic acids is 3. The van der Waals surface area contributed by atoms with Gasteiger partial charge in [0.15, 0.2) is 0 Å². The minimum Gasteiger partial charge on any atom is -0.497 e. The van der Waals surface area contributed by atoms with Gasteiger partial charge in [-0.15, -0.1) is 0 Å². The first-order valence-corrected chi connectivity index (χ1v) is 14.4. The lowest BCUT2D eigenvalue weighted by atomic mass is 9.74. The van der Waals surface area contributed by atoms with Crippen molar-refractivity contribution in [2.24, 2.45) is 11.8 Å². The molecule has 3 heterocycles. The molecule has 0 aromatic heterocycles. The van der Waals surface area contributed by atoms with Gasteiger partial charge in [-0.25, -0.2) is 0 Å². The van der Waals surface area contributed by atoms with Crippen LogP contribution in [0.2, 0.25) is 10.0 Å². The molecule has 3 aliphatic heterocycles. The van der Waals surface area contributed by atoms with Gasteiger partial charge < -0.3 is 25.0 Å². The summed E-state index contributed by atoms with van der Waals surface area (Å²) in [6.45, 7) is 0.201. The van der Waals surface area contributed by atoms with Gasteiger partial charge in [-0.05, 0) is 48.7 Å². The molecule has 10 heteroatoms. The summed E-state index contributed by atoms with van der Waals surface area (Å²) in [5.74, 6) is -1.84. The summed E-state index contributed by atoms with van der Waals surface area (Å²) in [4.78, 5) is 43.3. The Bertz CT molecular complexity index is 1360. The maximum Gasteiger partial charge on any atom is 0.246 e. The van der Waals surface area contributed by atoms with Crippen LogP contribution in [0.5, 0.6) is 5.75 Å². The third-order valence-corrected chi connectivity index (χ3v) is 9.31. The smallest absolute Gasteiger partial charge is 0.246 e. The summed E-state index contributed by atoms with van der Waals surface area (Å²) < 4.78 is 11.7. The molecule has 8 nitrogen and oxygen atoms in total. The van der Waals surface area contributed by atoms with Crippen molar-refractivity contribution in [1.82, 2.24) is 10.2 Å². The Morgan fingerprint density at radius 1 is 1.05 bits per heavy atom. The summed E-state index contributed by atoms with van der Waals surface area (Å²) in [6, 6.07) is 11.4. The zero-order valence-electron chi connectivity index (χ0n) is 22.1. The highest BCUT2D eigenvalue weighted by molar-refractivity contribution is 6.42. The maximum absolute atomic E-state index is 14.2. The molecule has 1 saturated carbocycles. The van der Waals surface area contributed by atoms with E-state index in [4.69, 9.17) is 32.7 Å². The van der Waals surface area contributed by atoms with E-state index in [1.807, 2.05) is 30.3 Å². The molecule has 0 radical (unpaired) electrons. The second-order valence-corrected chi connectivity index (χ2v) is 11.8. The highest BCUT2D eigenvalue weighted by Crippen LogP contribution is 2.55. The van der Waals surface area contributed by atoms with Gasteiger partial charge >= 0.3 is 0 Å². The van der Waals surface area contributed by atoms with Gasteiger partial charge in [-0.2, -0.15) is 0 Å². The largest absolute Gasteiger partial charge is 0.497 e. The van der Waals surface area contributed by atoms with Gasteiger partial charge in [-0.1, -0.05) is 66.7 Å². The van der Waals surface area contributed by atoms with Gasteiger partial charge in [-0.3, -0.25) is 14.4 Å². The fourth-order valence-electron chi connectivity index (χ4n) is 6.69. The van der Waals surface area contributed by atoms with E-state index >= 15 is 0 Å². The van der Waals surface area contributed by atoms with Crippen LogP contribution in [0, 0.1) is 11.8 Å². The number of nitrogens with one attached hydrogen (secondary N) is 2. The second kappa shape index (κ2) is 10.7. The minimum atomic E-state index is -1.23. The molecule has 1 aliphatic carbocycles. The number of methoxy groups -OCH3 is 1. The predicted octanol–water partition coefficient (Wildman–Crippen LogP) is 4.74. The van der Waals surface area contributed by atoms with Gasteiger partial charge in [0.05, 0.1) is 35.1 Å². The molecule has 6 rings (SSSR count). The van der Waals surface area contributed by atoms with E-state index < -0.39 is 29.6 Å². The van der Waals surface area contributed by atoms with E-state index in [0.717, 1.165) is 37.7 Å². The van der Waals surface area contributed by atoms with Crippen molar-refractivity contribution in [3.8, 4) is 5.75 Å². The monoisotopic (exact) mass is 583 g/mol. The Morgan fingerprint density at radius 2 is 1.80 bits per heavy atom. The van der Waals surface area contributed by atoms with Crippen molar-refractivity contribution in [3.63, 3.8) is 0 Å². The molecular weight excluding hydrogens is 553 g/mol. The van der Waals surface area contributed by atoms with Crippen molar-refractivity contribution >= 4 is 46.6 Å². The van der Waals surface area contributed by atoms with Crippen LogP contribution >= 0.6 is 23.2 Å². The molecule has 3 fully saturated rings. The number of rotatable bonds is 7. The van der Waals surface area contributed by atoms with Crippen LogP contribution in [0.4, 0.5) is 5.69 Å². The van der Waals surface area contributed by atoms with Crippen molar-refractivity contribution in [1.29, 1.82) is 0 Å². The average Bonchev–Trinajstić information content (AvgIpc) is 3.59. The number of benzene rings is 2. The number of halogens is 2. The summed E-state index contributed by atoms with van der Waals surface area (Å²) in [5.41, 5.74) is 0.0794. The van der Waals surface area contributed by atoms with Crippen molar-refractivity contribution < 1.29 is 23.9 Å². The molecule has 2 aromatic carbocycles. The van der Waals surface area contributed by atoms with E-state index in [9.17, 15) is 14.4 Å². The zero-order valence-corrected chi connectivity index (χ0v) is 23.6. The maximum atomic E-state index is 14.2. The van der Waals surface area contributed by atoms with Crippen molar-refractivity contribution in [2.45, 2.75) is 62.4 Å². The molecule has 210 valence electrons. The molecule has 2 saturated heterocycles. The Kier molecular flexibility index (Phi) is 7.27. The normalized spacial score (nSPS) is 29.0. The molecule has 4 aliphatic rings.